The highest BCUT2D eigenvalue weighted by Gasteiger charge is 2.30. The summed E-state index contributed by atoms with van der Waals surface area (Å²) in [7, 11) is -3.42. The number of sulfonamides is 1. The van der Waals surface area contributed by atoms with Crippen molar-refractivity contribution < 1.29 is 28.2 Å². The van der Waals surface area contributed by atoms with Gasteiger partial charge in [0.2, 0.25) is 10.0 Å². The van der Waals surface area contributed by atoms with Gasteiger partial charge in [-0.25, -0.2) is 13.1 Å². The summed E-state index contributed by atoms with van der Waals surface area (Å²) in [5, 5.41) is 16.8. The van der Waals surface area contributed by atoms with Crippen molar-refractivity contribution in [2.45, 2.75) is 43.4 Å². The number of carboxylic acid groups (broad SMARTS) is 2. The average Bonchev–Trinajstić information content (AvgIpc) is 2.46. The summed E-state index contributed by atoms with van der Waals surface area (Å²) >= 11 is 0. The van der Waals surface area contributed by atoms with E-state index in [1.165, 1.54) is 0 Å². The number of nitrogens with one attached hydrogen (secondary N) is 1. The average molecular weight is 351 g/mol. The highest BCUT2D eigenvalue weighted by molar-refractivity contribution is 7.90. The van der Waals surface area contributed by atoms with Gasteiger partial charge in [-0.05, 0) is 25.7 Å². The molecule has 134 valence electrons. The van der Waals surface area contributed by atoms with E-state index in [0.717, 1.165) is 0 Å². The zero-order valence-electron chi connectivity index (χ0n) is 13.0. The van der Waals surface area contributed by atoms with Gasteiger partial charge in [-0.15, -0.1) is 0 Å². The van der Waals surface area contributed by atoms with Crippen molar-refractivity contribution in [3.05, 3.63) is 0 Å². The Hall–Kier alpha value is -1.23. The number of carboxylic acids is 2. The van der Waals surface area contributed by atoms with Gasteiger partial charge in [0.1, 0.15) is 6.04 Å². The number of likely N-dealkylation sites (tertiary alicyclic amines) is 1. The highest BCUT2D eigenvalue weighted by atomic mass is 32.2. The summed E-state index contributed by atoms with van der Waals surface area (Å²) in [4.78, 5) is 22.9. The Morgan fingerprint density at radius 1 is 1.22 bits per heavy atom. The third kappa shape index (κ3) is 7.25. The van der Waals surface area contributed by atoms with Crippen LogP contribution in [0.15, 0.2) is 0 Å². The minimum atomic E-state index is -3.42. The number of rotatable bonds is 10. The van der Waals surface area contributed by atoms with Gasteiger partial charge >= 0.3 is 11.9 Å². The molecule has 1 unspecified atom stereocenters. The Balaban J connectivity index is 2.26. The van der Waals surface area contributed by atoms with E-state index in [1.54, 1.807) is 4.90 Å². The molecule has 9 nitrogen and oxygen atoms in total. The lowest BCUT2D eigenvalue weighted by atomic mass is 10.1. The molecule has 0 radical (unpaired) electrons. The second kappa shape index (κ2) is 9.16. The minimum Gasteiger partial charge on any atom is -0.480 e. The monoisotopic (exact) mass is 351 g/mol. The van der Waals surface area contributed by atoms with E-state index in [-0.39, 0.29) is 13.1 Å². The van der Waals surface area contributed by atoms with E-state index in [9.17, 15) is 18.0 Å². The lowest BCUT2D eigenvalue weighted by Crippen LogP contribution is -2.45. The number of piperidine rings is 1. The molecule has 0 saturated carbocycles. The van der Waals surface area contributed by atoms with Crippen LogP contribution in [0, 0.1) is 0 Å². The predicted molar refractivity (Wildman–Crippen MR) is 83.5 cm³/mol. The fourth-order valence-electron chi connectivity index (χ4n) is 2.51. The SMILES string of the molecule is NC(CCCCNS(=O)(=O)C1CCN(CC(=O)O)CC1)C(=O)O. The van der Waals surface area contributed by atoms with Crippen LogP contribution in [-0.2, 0) is 19.6 Å². The van der Waals surface area contributed by atoms with E-state index >= 15 is 0 Å². The van der Waals surface area contributed by atoms with Crippen LogP contribution in [0.25, 0.3) is 0 Å². The molecule has 1 saturated heterocycles. The molecule has 1 atom stereocenters. The van der Waals surface area contributed by atoms with E-state index < -0.39 is 33.3 Å². The second-order valence-electron chi connectivity index (χ2n) is 5.75. The van der Waals surface area contributed by atoms with Crippen LogP contribution < -0.4 is 10.5 Å². The Kier molecular flexibility index (Phi) is 7.89. The van der Waals surface area contributed by atoms with Crippen molar-refractivity contribution >= 4 is 22.0 Å². The van der Waals surface area contributed by atoms with Crippen molar-refractivity contribution in [3.63, 3.8) is 0 Å². The molecule has 1 heterocycles. The summed E-state index contributed by atoms with van der Waals surface area (Å²) in [6.45, 7) is 1.09. The molecule has 10 heteroatoms. The summed E-state index contributed by atoms with van der Waals surface area (Å²) in [6, 6.07) is -0.912. The smallest absolute Gasteiger partial charge is 0.320 e. The van der Waals surface area contributed by atoms with Crippen LogP contribution in [0.4, 0.5) is 0 Å². The van der Waals surface area contributed by atoms with E-state index in [0.29, 0.717) is 45.2 Å². The summed E-state index contributed by atoms with van der Waals surface area (Å²) in [5.41, 5.74) is 5.36. The number of nitrogens with two attached hydrogens (primary N) is 1. The lowest BCUT2D eigenvalue weighted by molar-refractivity contribution is -0.139. The molecule has 0 spiro atoms. The highest BCUT2D eigenvalue weighted by Crippen LogP contribution is 2.17. The Morgan fingerprint density at radius 3 is 2.35 bits per heavy atom. The third-order valence-corrected chi connectivity index (χ3v) is 5.85. The zero-order valence-corrected chi connectivity index (χ0v) is 13.8. The van der Waals surface area contributed by atoms with Gasteiger partial charge < -0.3 is 15.9 Å². The lowest BCUT2D eigenvalue weighted by Gasteiger charge is -2.30. The molecule has 5 N–H and O–H groups in total. The summed E-state index contributed by atoms with van der Waals surface area (Å²) in [5.74, 6) is -1.97. The van der Waals surface area contributed by atoms with Crippen molar-refractivity contribution in [2.75, 3.05) is 26.2 Å². The maximum Gasteiger partial charge on any atom is 0.320 e. The van der Waals surface area contributed by atoms with Gasteiger partial charge in [0.25, 0.3) is 0 Å². The van der Waals surface area contributed by atoms with Crippen molar-refractivity contribution in [3.8, 4) is 0 Å². The molecular weight excluding hydrogens is 326 g/mol. The van der Waals surface area contributed by atoms with Crippen LogP contribution in [0.2, 0.25) is 0 Å². The van der Waals surface area contributed by atoms with Gasteiger partial charge in [-0.3, -0.25) is 14.5 Å². The zero-order chi connectivity index (χ0) is 17.5. The van der Waals surface area contributed by atoms with Crippen LogP contribution in [-0.4, -0.2) is 72.9 Å². The first kappa shape index (κ1) is 19.8. The second-order valence-corrected chi connectivity index (χ2v) is 7.79. The largest absolute Gasteiger partial charge is 0.480 e. The number of carbonyl (C=O) groups is 2. The van der Waals surface area contributed by atoms with Gasteiger partial charge in [0.05, 0.1) is 11.8 Å². The predicted octanol–water partition coefficient (Wildman–Crippen LogP) is -0.963. The Morgan fingerprint density at radius 2 is 1.83 bits per heavy atom. The first-order valence-corrected chi connectivity index (χ1v) is 9.18. The Bertz CT molecular complexity index is 502. The van der Waals surface area contributed by atoms with Crippen LogP contribution in [0.3, 0.4) is 0 Å². The third-order valence-electron chi connectivity index (χ3n) is 3.89. The number of hydrogen-bond donors (Lipinski definition) is 4. The molecule has 0 aromatic rings. The van der Waals surface area contributed by atoms with Gasteiger partial charge in [-0.1, -0.05) is 6.42 Å². The molecule has 1 rings (SSSR count). The van der Waals surface area contributed by atoms with Gasteiger partial charge in [0, 0.05) is 19.6 Å². The quantitative estimate of drug-likeness (QED) is 0.367. The van der Waals surface area contributed by atoms with E-state index in [2.05, 4.69) is 4.72 Å². The van der Waals surface area contributed by atoms with Crippen molar-refractivity contribution in [2.24, 2.45) is 5.73 Å². The molecule has 1 aliphatic rings. The number of aliphatic carboxylic acids is 2. The molecular formula is C13H25N3O6S. The first-order chi connectivity index (χ1) is 10.7. The molecule has 0 aliphatic carbocycles. The maximum absolute atomic E-state index is 12.2. The van der Waals surface area contributed by atoms with Crippen molar-refractivity contribution in [1.82, 2.24) is 9.62 Å². The molecule has 0 aromatic carbocycles. The Labute approximate surface area is 135 Å². The number of unbranched alkanes of at least 4 members (excludes halogenated alkanes) is 1. The van der Waals surface area contributed by atoms with E-state index in [1.807, 2.05) is 0 Å². The minimum absolute atomic E-state index is 0.0654. The topological polar surface area (TPSA) is 150 Å². The van der Waals surface area contributed by atoms with Crippen LogP contribution >= 0.6 is 0 Å². The number of hydrogen-bond acceptors (Lipinski definition) is 6. The molecule has 0 bridgehead atoms. The standard InChI is InChI=1S/C13H25N3O6S/c14-11(13(19)20)3-1-2-6-15-23(21,22)10-4-7-16(8-5-10)9-12(17)18/h10-11,15H,1-9,14H2,(H,17,18)(H,19,20). The maximum atomic E-state index is 12.2. The fraction of sp³-hybridized carbons (Fsp3) is 0.846. The fourth-order valence-corrected chi connectivity index (χ4v) is 4.01. The van der Waals surface area contributed by atoms with E-state index in [4.69, 9.17) is 15.9 Å². The van der Waals surface area contributed by atoms with Crippen molar-refractivity contribution in [1.29, 1.82) is 0 Å². The van der Waals surface area contributed by atoms with Gasteiger partial charge in [-0.2, -0.15) is 0 Å². The summed E-state index contributed by atoms with van der Waals surface area (Å²) < 4.78 is 26.8. The molecule has 1 aliphatic heterocycles. The molecule has 23 heavy (non-hydrogen) atoms. The summed E-state index contributed by atoms with van der Waals surface area (Å²) in [6.07, 6.45) is 2.19. The first-order valence-electron chi connectivity index (χ1n) is 7.63. The molecule has 1 fully saturated rings. The normalized spacial score (nSPS) is 18.7. The number of nitrogens with zero attached hydrogens (tertiary/aromatic N) is 1. The van der Waals surface area contributed by atoms with Crippen LogP contribution in [0.5, 0.6) is 0 Å². The molecule has 0 amide bonds. The molecule has 0 aromatic heterocycles. The van der Waals surface area contributed by atoms with Gasteiger partial charge in [0.15, 0.2) is 0 Å². The van der Waals surface area contributed by atoms with Crippen LogP contribution in [0.1, 0.15) is 32.1 Å².